The number of nitro groups is 1. The molecule has 4 rings (SSSR count). The van der Waals surface area contributed by atoms with Crippen LogP contribution in [-0.2, 0) is 17.5 Å². The summed E-state index contributed by atoms with van der Waals surface area (Å²) in [6.45, 7) is 1.60. The van der Waals surface area contributed by atoms with Crippen molar-refractivity contribution in [1.82, 2.24) is 25.3 Å². The highest BCUT2D eigenvalue weighted by atomic mass is 19.4. The molecule has 0 aliphatic rings. The second kappa shape index (κ2) is 10.8. The highest BCUT2D eigenvalue weighted by molar-refractivity contribution is 5.80. The topological polar surface area (TPSA) is 176 Å². The molecule has 0 aliphatic heterocycles. The molecule has 1 atom stereocenters. The lowest BCUT2D eigenvalue weighted by Crippen LogP contribution is -2.37. The molecule has 2 heterocycles. The number of carbonyl (C=O) groups excluding carboxylic acids is 1. The summed E-state index contributed by atoms with van der Waals surface area (Å²) in [5, 5.41) is 27.7. The van der Waals surface area contributed by atoms with Gasteiger partial charge >= 0.3 is 12.2 Å². The Morgan fingerprint density at radius 2 is 2.00 bits per heavy atom. The molecule has 0 fully saturated rings. The van der Waals surface area contributed by atoms with Crippen LogP contribution in [0.15, 0.2) is 52.9 Å². The molecule has 0 saturated carbocycles. The van der Waals surface area contributed by atoms with E-state index >= 15 is 0 Å². The monoisotopic (exact) mass is 546 g/mol. The van der Waals surface area contributed by atoms with Gasteiger partial charge in [-0.25, -0.2) is 4.68 Å². The molecule has 4 N–H and O–H groups in total. The first kappa shape index (κ1) is 27.1. The molecular weight excluding hydrogens is 525 g/mol. The number of halogens is 3. The average molecular weight is 546 g/mol. The second-order valence-corrected chi connectivity index (χ2v) is 8.18. The van der Waals surface area contributed by atoms with Gasteiger partial charge in [0.05, 0.1) is 29.4 Å². The maximum Gasteiger partial charge on any atom is 0.435 e. The minimum atomic E-state index is -4.78. The number of hydrogen-bond donors (Lipinski definition) is 3. The number of nitrogens with one attached hydrogen (secondary N) is 2. The molecule has 204 valence electrons. The van der Waals surface area contributed by atoms with Crippen molar-refractivity contribution < 1.29 is 32.0 Å². The molecule has 0 bridgehead atoms. The lowest BCUT2D eigenvalue weighted by Gasteiger charge is -2.10. The predicted molar refractivity (Wildman–Crippen MR) is 130 cm³/mol. The van der Waals surface area contributed by atoms with Crippen LogP contribution in [0.1, 0.15) is 18.2 Å². The Labute approximate surface area is 217 Å². The van der Waals surface area contributed by atoms with Crippen LogP contribution in [-0.4, -0.2) is 44.0 Å². The first-order valence-corrected chi connectivity index (χ1v) is 11.2. The van der Waals surface area contributed by atoms with E-state index in [0.717, 1.165) is 10.7 Å². The van der Waals surface area contributed by atoms with E-state index in [9.17, 15) is 28.1 Å². The molecule has 4 aromatic rings. The van der Waals surface area contributed by atoms with Gasteiger partial charge in [0.25, 0.3) is 11.6 Å². The maximum absolute atomic E-state index is 13.6. The first-order chi connectivity index (χ1) is 18.5. The van der Waals surface area contributed by atoms with Crippen molar-refractivity contribution >= 4 is 23.3 Å². The lowest BCUT2D eigenvalue weighted by molar-refractivity contribution is -0.384. The minimum absolute atomic E-state index is 0.0800. The van der Waals surface area contributed by atoms with Gasteiger partial charge in [0.2, 0.25) is 5.91 Å². The zero-order valence-corrected chi connectivity index (χ0v) is 20.4. The van der Waals surface area contributed by atoms with Crippen molar-refractivity contribution in [2.45, 2.75) is 25.7 Å². The van der Waals surface area contributed by atoms with E-state index in [1.54, 1.807) is 12.1 Å². The van der Waals surface area contributed by atoms with E-state index in [2.05, 4.69) is 25.9 Å². The fourth-order valence-corrected chi connectivity index (χ4v) is 3.42. The Bertz CT molecular complexity index is 1520. The van der Waals surface area contributed by atoms with Crippen LogP contribution in [0.4, 0.5) is 30.6 Å². The summed E-state index contributed by atoms with van der Waals surface area (Å²) in [6, 6.07) is 9.79. The third-order valence-electron chi connectivity index (χ3n) is 5.31. The number of benzene rings is 2. The molecule has 39 heavy (non-hydrogen) atoms. The first-order valence-electron chi connectivity index (χ1n) is 11.2. The molecular formula is C23H21F3N8O5. The van der Waals surface area contributed by atoms with Gasteiger partial charge in [-0.05, 0) is 30.7 Å². The van der Waals surface area contributed by atoms with E-state index in [0.29, 0.717) is 5.56 Å². The van der Waals surface area contributed by atoms with Gasteiger partial charge in [-0.3, -0.25) is 14.9 Å². The number of amides is 1. The zero-order valence-electron chi connectivity index (χ0n) is 20.4. The molecule has 0 aliphatic carbocycles. The highest BCUT2D eigenvalue weighted by Gasteiger charge is 2.36. The Morgan fingerprint density at radius 1 is 1.23 bits per heavy atom. The number of nitrogens with two attached hydrogens (primary N) is 1. The van der Waals surface area contributed by atoms with Crippen LogP contribution in [0.2, 0.25) is 0 Å². The summed E-state index contributed by atoms with van der Waals surface area (Å²) in [5.41, 5.74) is 4.82. The van der Waals surface area contributed by atoms with Gasteiger partial charge in [0.15, 0.2) is 5.69 Å². The number of nitro benzene ring substituents is 1. The van der Waals surface area contributed by atoms with Crippen molar-refractivity contribution in [3.05, 3.63) is 69.9 Å². The summed E-state index contributed by atoms with van der Waals surface area (Å²) in [7, 11) is 1.35. The molecule has 0 spiro atoms. The van der Waals surface area contributed by atoms with Gasteiger partial charge in [-0.1, -0.05) is 17.2 Å². The Morgan fingerprint density at radius 3 is 2.67 bits per heavy atom. The number of aromatic nitrogens is 4. The quantitative estimate of drug-likeness (QED) is 0.208. The molecule has 2 aromatic heterocycles. The SMILES string of the molecule is COc1ccc([N+](=O)[O-])cc1Nc1nnc(-c2cc(C(F)(F)F)nn2-c2cccc(CNC(=O)[C@H](C)N)c2)o1. The molecule has 0 saturated heterocycles. The fourth-order valence-electron chi connectivity index (χ4n) is 3.42. The number of ether oxygens (including phenoxy) is 1. The van der Waals surface area contributed by atoms with E-state index < -0.39 is 28.7 Å². The summed E-state index contributed by atoms with van der Waals surface area (Å²) < 4.78 is 52.4. The highest BCUT2D eigenvalue weighted by Crippen LogP contribution is 2.35. The van der Waals surface area contributed by atoms with Gasteiger partial charge < -0.3 is 25.5 Å². The van der Waals surface area contributed by atoms with E-state index in [-0.39, 0.29) is 47.0 Å². The summed E-state index contributed by atoms with van der Waals surface area (Å²) >= 11 is 0. The van der Waals surface area contributed by atoms with Crippen LogP contribution in [0.3, 0.4) is 0 Å². The summed E-state index contributed by atoms with van der Waals surface area (Å²) in [6.07, 6.45) is -4.78. The number of hydrogen-bond acceptors (Lipinski definition) is 10. The van der Waals surface area contributed by atoms with Crippen LogP contribution >= 0.6 is 0 Å². The van der Waals surface area contributed by atoms with Crippen molar-refractivity contribution in [1.29, 1.82) is 0 Å². The fraction of sp³-hybridized carbons (Fsp3) is 0.217. The average Bonchev–Trinajstić information content (AvgIpc) is 3.54. The molecule has 13 nitrogen and oxygen atoms in total. The Hall–Kier alpha value is -4.99. The van der Waals surface area contributed by atoms with Crippen LogP contribution in [0.25, 0.3) is 17.3 Å². The zero-order chi connectivity index (χ0) is 28.3. The number of alkyl halides is 3. The predicted octanol–water partition coefficient (Wildman–Crippen LogP) is 3.56. The summed E-state index contributed by atoms with van der Waals surface area (Å²) in [5.74, 6) is -0.496. The van der Waals surface area contributed by atoms with Crippen molar-refractivity contribution in [2.75, 3.05) is 12.4 Å². The molecule has 16 heteroatoms. The number of rotatable bonds is 9. The smallest absolute Gasteiger partial charge is 0.435 e. The molecule has 1 amide bonds. The second-order valence-electron chi connectivity index (χ2n) is 8.18. The van der Waals surface area contributed by atoms with E-state index in [1.165, 1.54) is 44.4 Å². The number of non-ortho nitro benzene ring substituents is 1. The van der Waals surface area contributed by atoms with Gasteiger partial charge in [-0.15, -0.1) is 5.10 Å². The number of carbonyl (C=O) groups is 1. The van der Waals surface area contributed by atoms with Crippen LogP contribution in [0, 0.1) is 10.1 Å². The largest absolute Gasteiger partial charge is 0.495 e. The Balaban J connectivity index is 1.69. The van der Waals surface area contributed by atoms with Crippen LogP contribution < -0.4 is 21.1 Å². The minimum Gasteiger partial charge on any atom is -0.495 e. The molecule has 2 aromatic carbocycles. The standard InChI is InChI=1S/C23H21F3N8O5/c1-12(27)20(35)28-11-13-4-3-5-14(8-13)33-17(10-19(32-33)23(24,25)26)21-30-31-22(39-21)29-16-9-15(34(36)37)6-7-18(16)38-2/h3-10,12H,11,27H2,1-2H3,(H,28,35)(H,29,31)/t12-/m0/s1. The van der Waals surface area contributed by atoms with E-state index in [4.69, 9.17) is 14.9 Å². The Kier molecular flexibility index (Phi) is 7.48. The number of anilines is 2. The third-order valence-corrected chi connectivity index (χ3v) is 5.31. The number of methoxy groups -OCH3 is 1. The lowest BCUT2D eigenvalue weighted by atomic mass is 10.2. The van der Waals surface area contributed by atoms with Crippen LogP contribution in [0.5, 0.6) is 5.75 Å². The van der Waals surface area contributed by atoms with Gasteiger partial charge in [0.1, 0.15) is 11.4 Å². The van der Waals surface area contributed by atoms with Crippen molar-refractivity contribution in [3.8, 4) is 23.0 Å². The molecule has 0 unspecified atom stereocenters. The van der Waals surface area contributed by atoms with Crippen molar-refractivity contribution in [2.24, 2.45) is 5.73 Å². The summed E-state index contributed by atoms with van der Waals surface area (Å²) in [4.78, 5) is 22.3. The van der Waals surface area contributed by atoms with Gasteiger partial charge in [-0.2, -0.15) is 18.3 Å². The number of nitrogens with zero attached hydrogens (tertiary/aromatic N) is 5. The molecule has 0 radical (unpaired) electrons. The normalized spacial score (nSPS) is 12.2. The third kappa shape index (κ3) is 6.12. The maximum atomic E-state index is 13.6. The van der Waals surface area contributed by atoms with Gasteiger partial charge in [0, 0.05) is 24.7 Å². The van der Waals surface area contributed by atoms with E-state index in [1.807, 2.05) is 0 Å². The van der Waals surface area contributed by atoms with Crippen molar-refractivity contribution in [3.63, 3.8) is 0 Å².